The lowest BCUT2D eigenvalue weighted by Gasteiger charge is -2.05. The third-order valence-corrected chi connectivity index (χ3v) is 5.21. The van der Waals surface area contributed by atoms with Crippen LogP contribution in [0.3, 0.4) is 0 Å². The van der Waals surface area contributed by atoms with Crippen LogP contribution in [0.2, 0.25) is 5.02 Å². The SMILES string of the molecule is CCCCCC(Cl)c1cc(Cl)c(Br)s1. The van der Waals surface area contributed by atoms with Gasteiger partial charge in [-0.15, -0.1) is 22.9 Å². The second-order valence-electron chi connectivity index (χ2n) is 3.23. The fraction of sp³-hybridized carbons (Fsp3) is 0.600. The zero-order valence-electron chi connectivity index (χ0n) is 8.03. The van der Waals surface area contributed by atoms with Gasteiger partial charge in [0, 0.05) is 4.88 Å². The molecule has 0 aliphatic carbocycles. The van der Waals surface area contributed by atoms with Crippen molar-refractivity contribution in [3.8, 4) is 0 Å². The largest absolute Gasteiger partial charge is 0.130 e. The smallest absolute Gasteiger partial charge is 0.0887 e. The van der Waals surface area contributed by atoms with Gasteiger partial charge in [0.1, 0.15) is 0 Å². The first-order chi connectivity index (χ1) is 6.65. The van der Waals surface area contributed by atoms with E-state index in [4.69, 9.17) is 23.2 Å². The summed E-state index contributed by atoms with van der Waals surface area (Å²) < 4.78 is 0.982. The normalized spacial score (nSPS) is 13.1. The summed E-state index contributed by atoms with van der Waals surface area (Å²) in [5, 5.41) is 0.890. The highest BCUT2D eigenvalue weighted by atomic mass is 79.9. The lowest BCUT2D eigenvalue weighted by Crippen LogP contribution is -1.86. The molecule has 1 aromatic heterocycles. The first-order valence-corrected chi connectivity index (χ1v) is 7.16. The molecule has 0 saturated heterocycles. The number of hydrogen-bond acceptors (Lipinski definition) is 1. The van der Waals surface area contributed by atoms with Crippen molar-refractivity contribution in [2.75, 3.05) is 0 Å². The average molecular weight is 316 g/mol. The highest BCUT2D eigenvalue weighted by molar-refractivity contribution is 9.11. The van der Waals surface area contributed by atoms with Gasteiger partial charge in [-0.25, -0.2) is 0 Å². The second kappa shape index (κ2) is 6.37. The molecule has 0 nitrogen and oxygen atoms in total. The van der Waals surface area contributed by atoms with Crippen LogP contribution < -0.4 is 0 Å². The molecular weight excluding hydrogens is 303 g/mol. The summed E-state index contributed by atoms with van der Waals surface area (Å²) in [6, 6.07) is 1.96. The molecule has 0 aromatic carbocycles. The Morgan fingerprint density at radius 1 is 1.50 bits per heavy atom. The topological polar surface area (TPSA) is 0 Å². The van der Waals surface area contributed by atoms with Crippen LogP contribution in [0.4, 0.5) is 0 Å². The molecule has 1 heterocycles. The number of unbranched alkanes of at least 4 members (excludes halogenated alkanes) is 2. The minimum absolute atomic E-state index is 0.121. The molecule has 0 amide bonds. The second-order valence-corrected chi connectivity index (χ2v) is 6.57. The van der Waals surface area contributed by atoms with Gasteiger partial charge in [-0.2, -0.15) is 0 Å². The first-order valence-electron chi connectivity index (χ1n) is 4.74. The van der Waals surface area contributed by atoms with Crippen LogP contribution in [-0.4, -0.2) is 0 Å². The zero-order chi connectivity index (χ0) is 10.6. The van der Waals surface area contributed by atoms with Gasteiger partial charge in [0.25, 0.3) is 0 Å². The molecule has 14 heavy (non-hydrogen) atoms. The molecule has 1 unspecified atom stereocenters. The Hall–Kier alpha value is 0.760. The maximum Gasteiger partial charge on any atom is 0.0887 e. The van der Waals surface area contributed by atoms with Crippen molar-refractivity contribution < 1.29 is 0 Å². The summed E-state index contributed by atoms with van der Waals surface area (Å²) in [6.07, 6.45) is 4.72. The van der Waals surface area contributed by atoms with E-state index in [1.165, 1.54) is 24.1 Å². The van der Waals surface area contributed by atoms with E-state index in [9.17, 15) is 0 Å². The van der Waals surface area contributed by atoms with Gasteiger partial charge in [-0.3, -0.25) is 0 Å². The predicted molar refractivity (Wildman–Crippen MR) is 69.8 cm³/mol. The summed E-state index contributed by atoms with van der Waals surface area (Å²) in [6.45, 7) is 2.20. The molecule has 0 bridgehead atoms. The maximum atomic E-state index is 6.26. The molecule has 1 atom stereocenters. The first kappa shape index (κ1) is 12.8. The highest BCUT2D eigenvalue weighted by Gasteiger charge is 2.12. The number of thiophene rings is 1. The Morgan fingerprint density at radius 2 is 2.21 bits per heavy atom. The van der Waals surface area contributed by atoms with Gasteiger partial charge in [-0.1, -0.05) is 37.8 Å². The van der Waals surface area contributed by atoms with E-state index < -0.39 is 0 Å². The summed E-state index contributed by atoms with van der Waals surface area (Å²) in [7, 11) is 0. The molecule has 1 rings (SSSR count). The summed E-state index contributed by atoms with van der Waals surface area (Å²) in [5.41, 5.74) is 0. The summed E-state index contributed by atoms with van der Waals surface area (Å²) >= 11 is 17.2. The zero-order valence-corrected chi connectivity index (χ0v) is 11.9. The fourth-order valence-electron chi connectivity index (χ4n) is 1.23. The third kappa shape index (κ3) is 3.73. The van der Waals surface area contributed by atoms with Crippen molar-refractivity contribution in [2.45, 2.75) is 38.0 Å². The predicted octanol–water partition coefficient (Wildman–Crippen LogP) is 6.02. The molecule has 0 saturated carbocycles. The Morgan fingerprint density at radius 3 is 2.71 bits per heavy atom. The molecule has 4 heteroatoms. The summed E-state index contributed by atoms with van der Waals surface area (Å²) in [4.78, 5) is 1.17. The molecule has 0 spiro atoms. The van der Waals surface area contributed by atoms with Crippen molar-refractivity contribution in [2.24, 2.45) is 0 Å². The monoisotopic (exact) mass is 314 g/mol. The third-order valence-electron chi connectivity index (χ3n) is 2.03. The molecule has 1 aromatic rings. The highest BCUT2D eigenvalue weighted by Crippen LogP contribution is 2.39. The average Bonchev–Trinajstić information content (AvgIpc) is 2.47. The Balaban J connectivity index is 2.47. The molecule has 0 N–H and O–H groups in total. The molecule has 80 valence electrons. The van der Waals surface area contributed by atoms with Crippen LogP contribution >= 0.6 is 50.5 Å². The lowest BCUT2D eigenvalue weighted by atomic mass is 10.1. The molecule has 0 aliphatic rings. The molecule has 0 radical (unpaired) electrons. The van der Waals surface area contributed by atoms with E-state index in [-0.39, 0.29) is 5.38 Å². The van der Waals surface area contributed by atoms with Gasteiger partial charge in [0.2, 0.25) is 0 Å². The van der Waals surface area contributed by atoms with Crippen LogP contribution in [0.25, 0.3) is 0 Å². The quantitative estimate of drug-likeness (QED) is 0.460. The van der Waals surface area contributed by atoms with Crippen molar-refractivity contribution in [1.82, 2.24) is 0 Å². The van der Waals surface area contributed by atoms with Gasteiger partial charge in [0.05, 0.1) is 14.2 Å². The van der Waals surface area contributed by atoms with Gasteiger partial charge < -0.3 is 0 Å². The van der Waals surface area contributed by atoms with E-state index in [0.717, 1.165) is 15.2 Å². The van der Waals surface area contributed by atoms with E-state index >= 15 is 0 Å². The van der Waals surface area contributed by atoms with Crippen molar-refractivity contribution >= 4 is 50.5 Å². The molecule has 0 fully saturated rings. The van der Waals surface area contributed by atoms with Gasteiger partial charge in [-0.05, 0) is 28.4 Å². The van der Waals surface area contributed by atoms with E-state index in [1.54, 1.807) is 11.3 Å². The van der Waals surface area contributed by atoms with E-state index in [0.29, 0.717) is 0 Å². The van der Waals surface area contributed by atoms with Crippen LogP contribution in [0.1, 0.15) is 42.9 Å². The van der Waals surface area contributed by atoms with E-state index in [2.05, 4.69) is 22.9 Å². The number of alkyl halides is 1. The number of halogens is 3. The van der Waals surface area contributed by atoms with Crippen molar-refractivity contribution in [1.29, 1.82) is 0 Å². The minimum atomic E-state index is 0.121. The number of rotatable bonds is 5. The van der Waals surface area contributed by atoms with Crippen LogP contribution in [0.5, 0.6) is 0 Å². The summed E-state index contributed by atoms with van der Waals surface area (Å²) in [5.74, 6) is 0. The molecular formula is C10H13BrCl2S. The standard InChI is InChI=1S/C10H13BrCl2S/c1-2-3-4-5-7(12)9-6-8(13)10(11)14-9/h6-7H,2-5H2,1H3. The lowest BCUT2D eigenvalue weighted by molar-refractivity contribution is 0.659. The van der Waals surface area contributed by atoms with Crippen LogP contribution in [0.15, 0.2) is 9.85 Å². The number of hydrogen-bond donors (Lipinski definition) is 0. The fourth-order valence-corrected chi connectivity index (χ4v) is 3.34. The maximum absolute atomic E-state index is 6.26. The van der Waals surface area contributed by atoms with E-state index in [1.807, 2.05) is 6.07 Å². The van der Waals surface area contributed by atoms with Crippen molar-refractivity contribution in [3.05, 3.63) is 19.8 Å². The Bertz CT molecular complexity index is 266. The minimum Gasteiger partial charge on any atom is -0.130 e. The van der Waals surface area contributed by atoms with Crippen molar-refractivity contribution in [3.63, 3.8) is 0 Å². The van der Waals surface area contributed by atoms with Crippen LogP contribution in [-0.2, 0) is 0 Å². The van der Waals surface area contributed by atoms with Gasteiger partial charge in [0.15, 0.2) is 0 Å². The Kier molecular flexibility index (Phi) is 5.83. The molecule has 0 aliphatic heterocycles. The van der Waals surface area contributed by atoms with Crippen LogP contribution in [0, 0.1) is 0 Å². The van der Waals surface area contributed by atoms with Gasteiger partial charge >= 0.3 is 0 Å². The Labute approximate surface area is 108 Å².